The van der Waals surface area contributed by atoms with Gasteiger partial charge in [0, 0.05) is 35.2 Å². The summed E-state index contributed by atoms with van der Waals surface area (Å²) in [5.41, 5.74) is -2.70. The van der Waals surface area contributed by atoms with Crippen molar-refractivity contribution >= 4 is 34.4 Å². The fourth-order valence-corrected chi connectivity index (χ4v) is 4.23. The summed E-state index contributed by atoms with van der Waals surface area (Å²) in [6.45, 7) is 1.72. The number of fused-ring (bicyclic) bond motifs is 1. The van der Waals surface area contributed by atoms with Crippen LogP contribution in [0.3, 0.4) is 0 Å². The van der Waals surface area contributed by atoms with Crippen LogP contribution in [0, 0.1) is 6.92 Å². The summed E-state index contributed by atoms with van der Waals surface area (Å²) < 4.78 is 47.6. The molecule has 9 heteroatoms. The monoisotopic (exact) mass is 463 g/mol. The highest BCUT2D eigenvalue weighted by atomic mass is 35.5. The average Bonchev–Trinajstić information content (AvgIpc) is 3.51. The van der Waals surface area contributed by atoms with E-state index in [1.807, 2.05) is 0 Å². The van der Waals surface area contributed by atoms with Crippen LogP contribution in [0.4, 0.5) is 18.9 Å². The molecule has 0 amide bonds. The van der Waals surface area contributed by atoms with Crippen molar-refractivity contribution in [2.45, 2.75) is 43.4 Å². The molecule has 0 saturated heterocycles. The van der Waals surface area contributed by atoms with Crippen LogP contribution >= 0.6 is 11.6 Å². The molecule has 0 spiro atoms. The van der Waals surface area contributed by atoms with Gasteiger partial charge >= 0.3 is 6.18 Å². The molecule has 32 heavy (non-hydrogen) atoms. The van der Waals surface area contributed by atoms with Crippen molar-refractivity contribution in [1.29, 1.82) is 0 Å². The maximum atomic E-state index is 14.1. The highest BCUT2D eigenvalue weighted by molar-refractivity contribution is 6.32. The van der Waals surface area contributed by atoms with Crippen molar-refractivity contribution in [3.05, 3.63) is 59.0 Å². The highest BCUT2D eigenvalue weighted by Gasteiger charge is 2.60. The van der Waals surface area contributed by atoms with Gasteiger partial charge in [-0.3, -0.25) is 4.99 Å². The van der Waals surface area contributed by atoms with Crippen LogP contribution in [0.1, 0.15) is 30.7 Å². The molecular weight excluding hydrogens is 443 g/mol. The molecule has 1 N–H and O–H groups in total. The minimum Gasteiger partial charge on any atom is -0.495 e. The lowest BCUT2D eigenvalue weighted by atomic mass is 9.82. The Morgan fingerprint density at radius 2 is 1.94 bits per heavy atom. The molecule has 168 valence electrons. The van der Waals surface area contributed by atoms with Crippen molar-refractivity contribution in [1.82, 2.24) is 9.97 Å². The molecule has 0 aliphatic heterocycles. The summed E-state index contributed by atoms with van der Waals surface area (Å²) in [5.74, 6) is 0.867. The Morgan fingerprint density at radius 1 is 1.22 bits per heavy atom. The van der Waals surface area contributed by atoms with Gasteiger partial charge in [0.05, 0.1) is 23.3 Å². The number of hydrogen-bond acceptors (Lipinski definition) is 5. The van der Waals surface area contributed by atoms with Gasteiger partial charge in [-0.15, -0.1) is 0 Å². The summed E-state index contributed by atoms with van der Waals surface area (Å²) in [5, 5.41) is 11.6. The van der Waals surface area contributed by atoms with Crippen molar-refractivity contribution in [2.75, 3.05) is 7.11 Å². The van der Waals surface area contributed by atoms with Crippen LogP contribution in [-0.2, 0) is 5.41 Å². The van der Waals surface area contributed by atoms with Crippen LogP contribution in [0.5, 0.6) is 5.75 Å². The molecule has 4 rings (SSSR count). The summed E-state index contributed by atoms with van der Waals surface area (Å²) in [7, 11) is 1.42. The Bertz CT molecular complexity index is 1190. The first kappa shape index (κ1) is 22.5. The molecule has 0 bridgehead atoms. The van der Waals surface area contributed by atoms with Crippen LogP contribution in [0.2, 0.25) is 5.02 Å². The van der Waals surface area contributed by atoms with E-state index in [-0.39, 0.29) is 5.69 Å². The molecule has 1 aliphatic rings. The highest BCUT2D eigenvalue weighted by Crippen LogP contribution is 2.58. The van der Waals surface area contributed by atoms with Crippen LogP contribution < -0.4 is 4.74 Å². The zero-order valence-corrected chi connectivity index (χ0v) is 18.2. The lowest BCUT2D eigenvalue weighted by Crippen LogP contribution is -2.49. The third-order valence-corrected chi connectivity index (χ3v) is 6.13. The number of rotatable bonds is 6. The number of methoxy groups -OCH3 is 1. The Hall–Kier alpha value is -2.71. The maximum Gasteiger partial charge on any atom is 0.422 e. The van der Waals surface area contributed by atoms with E-state index in [0.717, 1.165) is 0 Å². The molecule has 5 nitrogen and oxygen atoms in total. The normalized spacial score (nSPS) is 17.5. The van der Waals surface area contributed by atoms with Gasteiger partial charge in [0.2, 0.25) is 0 Å². The number of alkyl halides is 3. The molecule has 1 unspecified atom stereocenters. The van der Waals surface area contributed by atoms with Gasteiger partial charge in [0.25, 0.3) is 0 Å². The Balaban J connectivity index is 1.73. The molecular formula is C23H21ClF3N3O2. The first-order chi connectivity index (χ1) is 15.1. The van der Waals surface area contributed by atoms with Crippen LogP contribution in [0.25, 0.3) is 10.9 Å². The second-order valence-electron chi connectivity index (χ2n) is 8.09. The van der Waals surface area contributed by atoms with Gasteiger partial charge in [-0.2, -0.15) is 13.2 Å². The third kappa shape index (κ3) is 4.04. The number of nitrogens with zero attached hydrogens (tertiary/aromatic N) is 3. The first-order valence-corrected chi connectivity index (χ1v) is 10.4. The average molecular weight is 464 g/mol. The molecule has 1 aliphatic carbocycles. The van der Waals surface area contributed by atoms with Gasteiger partial charge in [-0.25, -0.2) is 9.97 Å². The van der Waals surface area contributed by atoms with E-state index in [1.54, 1.807) is 43.3 Å². The lowest BCUT2D eigenvalue weighted by molar-refractivity contribution is -0.233. The SMILES string of the molecule is COc1c(Cl)cccc1C1(CC(O)(C=Nc2cccc3nc(C)ncc23)C(F)(F)F)CC1. The minimum absolute atomic E-state index is 0.246. The smallest absolute Gasteiger partial charge is 0.422 e. The number of hydrogen-bond donors (Lipinski definition) is 1. The molecule has 3 aromatic rings. The molecule has 1 heterocycles. The maximum absolute atomic E-state index is 14.1. The van der Waals surface area contributed by atoms with Crippen LogP contribution in [0.15, 0.2) is 47.6 Å². The Labute approximate surface area is 187 Å². The van der Waals surface area contributed by atoms with Gasteiger partial charge in [-0.05, 0) is 38.0 Å². The number of aliphatic hydroxyl groups is 1. The number of aromatic nitrogens is 2. The first-order valence-electron chi connectivity index (χ1n) is 9.98. The number of benzene rings is 2. The Morgan fingerprint density at radius 3 is 2.59 bits per heavy atom. The van der Waals surface area contributed by atoms with Crippen molar-refractivity contribution in [2.24, 2.45) is 4.99 Å². The lowest BCUT2D eigenvalue weighted by Gasteiger charge is -2.31. The molecule has 1 saturated carbocycles. The van der Waals surface area contributed by atoms with Crippen LogP contribution in [-0.4, -0.2) is 40.2 Å². The molecule has 1 fully saturated rings. The molecule has 0 radical (unpaired) electrons. The van der Waals surface area contributed by atoms with Gasteiger partial charge in [0.15, 0.2) is 5.60 Å². The predicted molar refractivity (Wildman–Crippen MR) is 117 cm³/mol. The predicted octanol–water partition coefficient (Wildman–Crippen LogP) is 5.72. The summed E-state index contributed by atoms with van der Waals surface area (Å²) in [4.78, 5) is 12.4. The summed E-state index contributed by atoms with van der Waals surface area (Å²) in [6.07, 6.45) is -2.50. The fraction of sp³-hybridized carbons (Fsp3) is 0.348. The van der Waals surface area contributed by atoms with Gasteiger partial charge in [-0.1, -0.05) is 29.8 Å². The summed E-state index contributed by atoms with van der Waals surface area (Å²) >= 11 is 6.18. The van der Waals surface area contributed by atoms with Gasteiger partial charge < -0.3 is 9.84 Å². The number of aliphatic imine (C=N–C) groups is 1. The fourth-order valence-electron chi connectivity index (χ4n) is 3.98. The van der Waals surface area contributed by atoms with E-state index >= 15 is 0 Å². The van der Waals surface area contributed by atoms with E-state index in [1.165, 1.54) is 13.3 Å². The van der Waals surface area contributed by atoms with Crippen molar-refractivity contribution < 1.29 is 23.0 Å². The summed E-state index contributed by atoms with van der Waals surface area (Å²) in [6, 6.07) is 9.90. The van der Waals surface area contributed by atoms with E-state index < -0.39 is 23.6 Å². The van der Waals surface area contributed by atoms with Gasteiger partial charge in [0.1, 0.15) is 11.6 Å². The van der Waals surface area contributed by atoms with E-state index in [4.69, 9.17) is 16.3 Å². The topological polar surface area (TPSA) is 67.6 Å². The molecule has 1 atom stereocenters. The second kappa shape index (κ2) is 8.01. The van der Waals surface area contributed by atoms with E-state index in [0.29, 0.717) is 52.1 Å². The van der Waals surface area contributed by atoms with E-state index in [2.05, 4.69) is 15.0 Å². The number of para-hydroxylation sites is 1. The zero-order chi connectivity index (χ0) is 23.1. The zero-order valence-electron chi connectivity index (χ0n) is 17.4. The van der Waals surface area contributed by atoms with E-state index in [9.17, 15) is 18.3 Å². The standard InChI is InChI=1S/C23H21ClF3N3O2/c1-14-28-11-15-18(7-4-8-19(15)30-14)29-13-22(31,23(25,26)27)12-21(9-10-21)16-5-3-6-17(24)20(16)32-2/h3-8,11,13,31H,9-10,12H2,1-2H3. The van der Waals surface area contributed by atoms with Crippen molar-refractivity contribution in [3.8, 4) is 5.75 Å². The molecule has 1 aromatic heterocycles. The largest absolute Gasteiger partial charge is 0.495 e. The molecule has 2 aromatic carbocycles. The van der Waals surface area contributed by atoms with Crippen molar-refractivity contribution in [3.63, 3.8) is 0 Å². The minimum atomic E-state index is -4.93. The quantitative estimate of drug-likeness (QED) is 0.475. The number of halogens is 4. The number of aryl methyl sites for hydroxylation is 1. The Kier molecular flexibility index (Phi) is 5.63. The number of ether oxygens (including phenoxy) is 1. The second-order valence-corrected chi connectivity index (χ2v) is 8.49. The third-order valence-electron chi connectivity index (χ3n) is 5.83.